The lowest BCUT2D eigenvalue weighted by Crippen LogP contribution is -2.17. The average Bonchev–Trinajstić information content (AvgIpc) is 2.29. The van der Waals surface area contributed by atoms with Crippen LogP contribution in [0, 0.1) is 0 Å². The van der Waals surface area contributed by atoms with Crippen LogP contribution in [0.3, 0.4) is 0 Å². The van der Waals surface area contributed by atoms with Crippen molar-refractivity contribution in [3.8, 4) is 0 Å². The predicted molar refractivity (Wildman–Crippen MR) is 82.1 cm³/mol. The molecule has 0 aliphatic heterocycles. The second-order valence-electron chi connectivity index (χ2n) is 5.16. The van der Waals surface area contributed by atoms with E-state index < -0.39 is 17.5 Å². The van der Waals surface area contributed by atoms with Crippen LogP contribution in [0.5, 0.6) is 0 Å². The minimum atomic E-state index is -0.935. The summed E-state index contributed by atoms with van der Waals surface area (Å²) in [7, 11) is 0. The van der Waals surface area contributed by atoms with Gasteiger partial charge in [0.2, 0.25) is 0 Å². The van der Waals surface area contributed by atoms with Crippen molar-refractivity contribution in [2.24, 2.45) is 0 Å². The Morgan fingerprint density at radius 3 is 1.38 bits per heavy atom. The fourth-order valence-electron chi connectivity index (χ4n) is 0.669. The van der Waals surface area contributed by atoms with Crippen LogP contribution < -0.4 is 0 Å². The fourth-order valence-corrected chi connectivity index (χ4v) is 0.669. The van der Waals surface area contributed by atoms with Crippen molar-refractivity contribution >= 4 is 11.9 Å². The highest BCUT2D eigenvalue weighted by Gasteiger charge is 2.10. The van der Waals surface area contributed by atoms with E-state index in [1.165, 1.54) is 13.8 Å². The molecule has 0 amide bonds. The van der Waals surface area contributed by atoms with Gasteiger partial charge in [-0.2, -0.15) is 0 Å². The molecule has 0 aliphatic carbocycles. The van der Waals surface area contributed by atoms with Crippen molar-refractivity contribution in [3.63, 3.8) is 0 Å². The lowest BCUT2D eigenvalue weighted by molar-refractivity contribution is -0.133. The van der Waals surface area contributed by atoms with E-state index in [1.54, 1.807) is 13.8 Å². The summed E-state index contributed by atoms with van der Waals surface area (Å²) in [6.45, 7) is 13.0. The highest BCUT2D eigenvalue weighted by molar-refractivity contribution is 5.85. The van der Waals surface area contributed by atoms with Gasteiger partial charge in [0.15, 0.2) is 0 Å². The summed E-state index contributed by atoms with van der Waals surface area (Å²) >= 11 is 0. The van der Waals surface area contributed by atoms with Crippen LogP contribution in [0.2, 0.25) is 0 Å². The summed E-state index contributed by atoms with van der Waals surface area (Å²) in [6, 6.07) is 0. The van der Waals surface area contributed by atoms with Crippen molar-refractivity contribution in [2.45, 2.75) is 52.6 Å². The maximum Gasteiger partial charge on any atom is 0.330 e. The van der Waals surface area contributed by atoms with Crippen molar-refractivity contribution in [2.75, 3.05) is 6.61 Å². The summed E-state index contributed by atoms with van der Waals surface area (Å²) in [5.74, 6) is -1.87. The van der Waals surface area contributed by atoms with E-state index >= 15 is 0 Å². The van der Waals surface area contributed by atoms with Crippen molar-refractivity contribution in [3.05, 3.63) is 24.3 Å². The van der Waals surface area contributed by atoms with E-state index in [1.807, 2.05) is 0 Å². The molecule has 6 heteroatoms. The molecule has 124 valence electrons. The first-order valence-corrected chi connectivity index (χ1v) is 6.46. The Morgan fingerprint density at radius 2 is 1.24 bits per heavy atom. The van der Waals surface area contributed by atoms with Crippen LogP contribution >= 0.6 is 0 Å². The molecule has 0 aliphatic rings. The SMILES string of the molecule is C=C(C)C(=O)O.C=C(C)C(=O)O.CC(C)(O)CCCCO. The first kappa shape index (κ1) is 24.4. The van der Waals surface area contributed by atoms with Crippen LogP contribution in [0.1, 0.15) is 47.0 Å². The summed E-state index contributed by atoms with van der Waals surface area (Å²) < 4.78 is 0. The molecule has 0 radical (unpaired) electrons. The van der Waals surface area contributed by atoms with E-state index in [2.05, 4.69) is 13.2 Å². The zero-order valence-corrected chi connectivity index (χ0v) is 13.3. The zero-order valence-electron chi connectivity index (χ0n) is 13.3. The van der Waals surface area contributed by atoms with Gasteiger partial charge >= 0.3 is 11.9 Å². The number of carboxylic acids is 2. The van der Waals surface area contributed by atoms with E-state index in [0.29, 0.717) is 0 Å². The molecule has 0 rings (SSSR count). The molecule has 0 unspecified atom stereocenters. The van der Waals surface area contributed by atoms with Crippen LogP contribution in [0.25, 0.3) is 0 Å². The highest BCUT2D eigenvalue weighted by atomic mass is 16.4. The van der Waals surface area contributed by atoms with E-state index in [4.69, 9.17) is 20.4 Å². The van der Waals surface area contributed by atoms with Gasteiger partial charge in [-0.05, 0) is 47.0 Å². The molecule has 0 aromatic heterocycles. The Balaban J connectivity index is -0.000000240. The molecule has 0 spiro atoms. The van der Waals surface area contributed by atoms with Gasteiger partial charge in [0.05, 0.1) is 5.60 Å². The van der Waals surface area contributed by atoms with Gasteiger partial charge in [0.1, 0.15) is 0 Å². The standard InChI is InChI=1S/C7H16O2.2C4H6O2/c1-7(2,9)5-3-4-6-8;2*1-3(2)4(5)6/h8-9H,3-6H2,1-2H3;2*1H2,2H3,(H,5,6). The number of carbonyl (C=O) groups is 2. The molecule has 0 saturated heterocycles. The minimum absolute atomic E-state index is 0.176. The third kappa shape index (κ3) is 32.2. The van der Waals surface area contributed by atoms with Crippen molar-refractivity contribution in [1.29, 1.82) is 0 Å². The van der Waals surface area contributed by atoms with Gasteiger partial charge in [-0.3, -0.25) is 0 Å². The molecule has 0 heterocycles. The number of hydrogen-bond donors (Lipinski definition) is 4. The summed E-state index contributed by atoms with van der Waals surface area (Å²) in [5.41, 5.74) is -0.208. The molecular formula is C15H28O6. The van der Waals surface area contributed by atoms with Gasteiger partial charge < -0.3 is 20.4 Å². The van der Waals surface area contributed by atoms with Crippen molar-refractivity contribution < 1.29 is 30.0 Å². The average molecular weight is 304 g/mol. The molecule has 0 aromatic rings. The largest absolute Gasteiger partial charge is 0.478 e. The summed E-state index contributed by atoms with van der Waals surface area (Å²) in [5, 5.41) is 33.3. The molecule has 0 saturated carbocycles. The third-order valence-corrected chi connectivity index (χ3v) is 1.93. The minimum Gasteiger partial charge on any atom is -0.478 e. The van der Waals surface area contributed by atoms with E-state index in [0.717, 1.165) is 19.3 Å². The second kappa shape index (κ2) is 13.3. The highest BCUT2D eigenvalue weighted by Crippen LogP contribution is 2.10. The van der Waals surface area contributed by atoms with Gasteiger partial charge in [-0.15, -0.1) is 0 Å². The lowest BCUT2D eigenvalue weighted by Gasteiger charge is -2.15. The maximum atomic E-state index is 9.60. The summed E-state index contributed by atoms with van der Waals surface area (Å²) in [4.78, 5) is 19.2. The van der Waals surface area contributed by atoms with Crippen LogP contribution in [-0.4, -0.2) is 44.6 Å². The quantitative estimate of drug-likeness (QED) is 0.442. The Hall–Kier alpha value is -1.66. The van der Waals surface area contributed by atoms with Gasteiger partial charge in [0.25, 0.3) is 0 Å². The zero-order chi connectivity index (χ0) is 17.6. The number of unbranched alkanes of at least 4 members (excludes halogenated alkanes) is 1. The summed E-state index contributed by atoms with van der Waals surface area (Å²) in [6.07, 6.45) is 2.47. The third-order valence-electron chi connectivity index (χ3n) is 1.93. The Kier molecular flexibility index (Phi) is 15.5. The van der Waals surface area contributed by atoms with Gasteiger partial charge in [-0.1, -0.05) is 13.2 Å². The topological polar surface area (TPSA) is 115 Å². The Bertz CT molecular complexity index is 291. The van der Waals surface area contributed by atoms with Gasteiger partial charge in [0, 0.05) is 17.8 Å². The molecule has 0 bridgehead atoms. The molecule has 0 atom stereocenters. The predicted octanol–water partition coefficient (Wildman–Crippen LogP) is 2.21. The lowest BCUT2D eigenvalue weighted by atomic mass is 10.0. The van der Waals surface area contributed by atoms with Gasteiger partial charge in [-0.25, -0.2) is 9.59 Å². The van der Waals surface area contributed by atoms with Crippen LogP contribution in [0.4, 0.5) is 0 Å². The molecule has 0 fully saturated rings. The second-order valence-corrected chi connectivity index (χ2v) is 5.16. The van der Waals surface area contributed by atoms with Crippen molar-refractivity contribution in [1.82, 2.24) is 0 Å². The van der Waals surface area contributed by atoms with E-state index in [-0.39, 0.29) is 17.8 Å². The molecule has 4 N–H and O–H groups in total. The number of aliphatic hydroxyl groups excluding tert-OH is 1. The first-order valence-electron chi connectivity index (χ1n) is 6.46. The normalized spacial score (nSPS) is 9.43. The number of hydrogen-bond acceptors (Lipinski definition) is 4. The maximum absolute atomic E-state index is 9.60. The first-order chi connectivity index (χ1) is 9.35. The Labute approximate surface area is 126 Å². The smallest absolute Gasteiger partial charge is 0.330 e. The Morgan fingerprint density at radius 1 is 0.952 bits per heavy atom. The number of aliphatic carboxylic acids is 2. The molecule has 21 heavy (non-hydrogen) atoms. The number of carboxylic acid groups (broad SMARTS) is 2. The van der Waals surface area contributed by atoms with Crippen LogP contribution in [0.15, 0.2) is 24.3 Å². The number of aliphatic hydroxyl groups is 2. The van der Waals surface area contributed by atoms with Crippen LogP contribution in [-0.2, 0) is 9.59 Å². The fraction of sp³-hybridized carbons (Fsp3) is 0.600. The molecular weight excluding hydrogens is 276 g/mol. The van der Waals surface area contributed by atoms with E-state index in [9.17, 15) is 9.59 Å². The monoisotopic (exact) mass is 304 g/mol. The molecule has 0 aromatic carbocycles. The number of rotatable bonds is 6. The molecule has 6 nitrogen and oxygen atoms in total.